The van der Waals surface area contributed by atoms with Crippen LogP contribution in [0.15, 0.2) is 18.2 Å². The molecule has 18 heavy (non-hydrogen) atoms. The number of hydrogen-bond donors (Lipinski definition) is 0. The van der Waals surface area contributed by atoms with Gasteiger partial charge in [-0.1, -0.05) is 17.7 Å². The van der Waals surface area contributed by atoms with Gasteiger partial charge in [0, 0.05) is 20.3 Å². The third-order valence-corrected chi connectivity index (χ3v) is 2.58. The Hall–Kier alpha value is -1.10. The Kier molecular flexibility index (Phi) is 7.41. The second-order valence-corrected chi connectivity index (χ2v) is 3.98. The summed E-state index contributed by atoms with van der Waals surface area (Å²) < 4.78 is 15.7. The van der Waals surface area contributed by atoms with Gasteiger partial charge >= 0.3 is 0 Å². The number of rotatable bonds is 9. The van der Waals surface area contributed by atoms with Gasteiger partial charge in [-0.25, -0.2) is 0 Å². The number of aldehydes is 1. The van der Waals surface area contributed by atoms with E-state index in [-0.39, 0.29) is 0 Å². The minimum atomic E-state index is 0.374. The Morgan fingerprint density at radius 2 is 2.06 bits per heavy atom. The summed E-state index contributed by atoms with van der Waals surface area (Å²) in [6.45, 7) is 2.17. The molecular weight excluding hydrogens is 256 g/mol. The first-order valence-electron chi connectivity index (χ1n) is 5.72. The van der Waals surface area contributed by atoms with Crippen LogP contribution in [0.2, 0.25) is 5.02 Å². The number of methoxy groups -OCH3 is 1. The van der Waals surface area contributed by atoms with Crippen LogP contribution in [0.3, 0.4) is 0 Å². The van der Waals surface area contributed by atoms with Crippen LogP contribution >= 0.6 is 11.6 Å². The highest BCUT2D eigenvalue weighted by Gasteiger charge is 2.06. The third-order valence-electron chi connectivity index (χ3n) is 2.25. The van der Waals surface area contributed by atoms with Crippen LogP contribution in [0.5, 0.6) is 5.75 Å². The summed E-state index contributed by atoms with van der Waals surface area (Å²) in [7, 11) is 1.66. The van der Waals surface area contributed by atoms with E-state index < -0.39 is 0 Å². The summed E-state index contributed by atoms with van der Waals surface area (Å²) in [5.41, 5.74) is 0.374. The van der Waals surface area contributed by atoms with Crippen LogP contribution in [0.1, 0.15) is 16.8 Å². The lowest BCUT2D eigenvalue weighted by Gasteiger charge is -2.09. The van der Waals surface area contributed by atoms with Crippen molar-refractivity contribution in [1.29, 1.82) is 0 Å². The van der Waals surface area contributed by atoms with E-state index in [2.05, 4.69) is 0 Å². The van der Waals surface area contributed by atoms with E-state index >= 15 is 0 Å². The molecule has 1 rings (SSSR count). The molecule has 0 aliphatic heterocycles. The molecule has 0 aliphatic carbocycles. The average Bonchev–Trinajstić information content (AvgIpc) is 2.38. The molecule has 4 nitrogen and oxygen atoms in total. The minimum Gasteiger partial charge on any atom is -0.490 e. The highest BCUT2D eigenvalue weighted by atomic mass is 35.5. The van der Waals surface area contributed by atoms with Gasteiger partial charge in [0.25, 0.3) is 0 Å². The van der Waals surface area contributed by atoms with E-state index in [1.807, 2.05) is 0 Å². The summed E-state index contributed by atoms with van der Waals surface area (Å²) in [4.78, 5) is 10.8. The summed E-state index contributed by atoms with van der Waals surface area (Å²) in [6, 6.07) is 5.10. The highest BCUT2D eigenvalue weighted by Crippen LogP contribution is 2.24. The highest BCUT2D eigenvalue weighted by molar-refractivity contribution is 6.33. The molecule has 0 saturated carbocycles. The maximum absolute atomic E-state index is 10.8. The van der Waals surface area contributed by atoms with Gasteiger partial charge in [-0.3, -0.25) is 4.79 Å². The Bertz CT molecular complexity index is 368. The smallest absolute Gasteiger partial charge is 0.155 e. The maximum Gasteiger partial charge on any atom is 0.155 e. The first-order chi connectivity index (χ1) is 8.79. The fourth-order valence-corrected chi connectivity index (χ4v) is 1.59. The zero-order chi connectivity index (χ0) is 13.2. The van der Waals surface area contributed by atoms with Gasteiger partial charge in [-0.2, -0.15) is 0 Å². The third kappa shape index (κ3) is 5.04. The molecule has 0 amide bonds. The molecule has 0 spiro atoms. The van der Waals surface area contributed by atoms with Crippen molar-refractivity contribution in [2.45, 2.75) is 6.42 Å². The van der Waals surface area contributed by atoms with E-state index in [4.69, 9.17) is 25.8 Å². The minimum absolute atomic E-state index is 0.374. The normalized spacial score (nSPS) is 10.3. The molecule has 5 heteroatoms. The van der Waals surface area contributed by atoms with Crippen molar-refractivity contribution in [3.63, 3.8) is 0 Å². The van der Waals surface area contributed by atoms with Crippen molar-refractivity contribution in [3.05, 3.63) is 28.8 Å². The molecular formula is C13H17ClO4. The van der Waals surface area contributed by atoms with Crippen LogP contribution in [-0.2, 0) is 9.47 Å². The molecule has 0 atom stereocenters. The summed E-state index contributed by atoms with van der Waals surface area (Å²) in [6.07, 6.45) is 1.55. The van der Waals surface area contributed by atoms with E-state index in [1.54, 1.807) is 25.3 Å². The van der Waals surface area contributed by atoms with Gasteiger partial charge in [0.2, 0.25) is 0 Å². The second-order valence-electron chi connectivity index (χ2n) is 3.58. The fourth-order valence-electron chi connectivity index (χ4n) is 1.38. The Morgan fingerprint density at radius 3 is 2.78 bits per heavy atom. The zero-order valence-electron chi connectivity index (χ0n) is 10.4. The average molecular weight is 273 g/mol. The molecule has 0 heterocycles. The molecule has 1 aromatic rings. The maximum atomic E-state index is 10.8. The first kappa shape index (κ1) is 15.0. The summed E-state index contributed by atoms with van der Waals surface area (Å²) in [5.74, 6) is 0.484. The van der Waals surface area contributed by atoms with Crippen molar-refractivity contribution < 1.29 is 19.0 Å². The molecule has 0 fully saturated rings. The zero-order valence-corrected chi connectivity index (χ0v) is 11.1. The molecule has 0 saturated heterocycles. The van der Waals surface area contributed by atoms with E-state index in [9.17, 15) is 4.79 Å². The van der Waals surface area contributed by atoms with Crippen molar-refractivity contribution >= 4 is 17.9 Å². The lowest BCUT2D eigenvalue weighted by atomic mass is 10.2. The quantitative estimate of drug-likeness (QED) is 0.512. The first-order valence-corrected chi connectivity index (χ1v) is 6.10. The van der Waals surface area contributed by atoms with E-state index in [1.165, 1.54) is 0 Å². The molecule has 0 unspecified atom stereocenters. The number of benzene rings is 1. The van der Waals surface area contributed by atoms with Gasteiger partial charge in [-0.05, 0) is 18.6 Å². The Balaban J connectivity index is 2.27. The standard InChI is InChI=1S/C13H17ClO4/c1-16-6-3-7-17-8-9-18-13-5-2-4-12(14)11(13)10-15/h2,4-5,10H,3,6-9H2,1H3. The molecule has 0 aliphatic rings. The molecule has 0 bridgehead atoms. The van der Waals surface area contributed by atoms with E-state index in [0.717, 1.165) is 6.42 Å². The number of carbonyl (C=O) groups excluding carboxylic acids is 1. The number of carbonyl (C=O) groups is 1. The molecule has 0 radical (unpaired) electrons. The van der Waals surface area contributed by atoms with Crippen LogP contribution in [0, 0.1) is 0 Å². The number of hydrogen-bond acceptors (Lipinski definition) is 4. The monoisotopic (exact) mass is 272 g/mol. The largest absolute Gasteiger partial charge is 0.490 e. The van der Waals surface area contributed by atoms with Crippen molar-refractivity contribution in [3.8, 4) is 5.75 Å². The van der Waals surface area contributed by atoms with Crippen molar-refractivity contribution in [2.24, 2.45) is 0 Å². The summed E-state index contributed by atoms with van der Waals surface area (Å²) >= 11 is 5.87. The molecule has 0 aromatic heterocycles. The van der Waals surface area contributed by atoms with Crippen LogP contribution < -0.4 is 4.74 Å². The second kappa shape index (κ2) is 8.91. The van der Waals surface area contributed by atoms with Gasteiger partial charge in [0.1, 0.15) is 12.4 Å². The lowest BCUT2D eigenvalue weighted by Crippen LogP contribution is -2.09. The fraction of sp³-hybridized carbons (Fsp3) is 0.462. The predicted molar refractivity (Wildman–Crippen MR) is 69.6 cm³/mol. The van der Waals surface area contributed by atoms with Crippen LogP contribution in [0.25, 0.3) is 0 Å². The SMILES string of the molecule is COCCCOCCOc1cccc(Cl)c1C=O. The topological polar surface area (TPSA) is 44.8 Å². The lowest BCUT2D eigenvalue weighted by molar-refractivity contribution is 0.0802. The van der Waals surface area contributed by atoms with Crippen LogP contribution in [0.4, 0.5) is 0 Å². The van der Waals surface area contributed by atoms with Crippen LogP contribution in [-0.4, -0.2) is 39.8 Å². The van der Waals surface area contributed by atoms with Crippen molar-refractivity contribution in [1.82, 2.24) is 0 Å². The van der Waals surface area contributed by atoms with Gasteiger partial charge in [0.15, 0.2) is 6.29 Å². The molecule has 100 valence electrons. The molecule has 1 aromatic carbocycles. The van der Waals surface area contributed by atoms with Gasteiger partial charge < -0.3 is 14.2 Å². The van der Waals surface area contributed by atoms with Crippen molar-refractivity contribution in [2.75, 3.05) is 33.5 Å². The number of halogens is 1. The van der Waals surface area contributed by atoms with Gasteiger partial charge in [0.05, 0.1) is 17.2 Å². The Labute approximate surface area is 112 Å². The Morgan fingerprint density at radius 1 is 1.22 bits per heavy atom. The van der Waals surface area contributed by atoms with Gasteiger partial charge in [-0.15, -0.1) is 0 Å². The predicted octanol–water partition coefficient (Wildman–Crippen LogP) is 2.58. The van der Waals surface area contributed by atoms with E-state index in [0.29, 0.717) is 49.0 Å². The number of ether oxygens (including phenoxy) is 3. The summed E-state index contributed by atoms with van der Waals surface area (Å²) in [5, 5.41) is 0.392. The molecule has 0 N–H and O–H groups in total.